The van der Waals surface area contributed by atoms with Crippen LogP contribution in [-0.2, 0) is 9.47 Å². The fraction of sp³-hybridized carbons (Fsp3) is 1.00. The Morgan fingerprint density at radius 3 is 3.08 bits per heavy atom. The zero-order chi connectivity index (χ0) is 8.60. The van der Waals surface area contributed by atoms with Gasteiger partial charge in [0.2, 0.25) is 0 Å². The molecule has 4 heteroatoms. The quantitative estimate of drug-likeness (QED) is 0.592. The molecule has 2 fully saturated rings. The molecule has 0 spiro atoms. The van der Waals surface area contributed by atoms with E-state index in [1.54, 1.807) is 0 Å². The lowest BCUT2D eigenvalue weighted by Gasteiger charge is -2.20. The minimum absolute atomic E-state index is 0.129. The van der Waals surface area contributed by atoms with E-state index in [0.29, 0.717) is 26.1 Å². The van der Waals surface area contributed by atoms with Crippen LogP contribution in [0.2, 0.25) is 0 Å². The van der Waals surface area contributed by atoms with Gasteiger partial charge in [0.1, 0.15) is 6.10 Å². The van der Waals surface area contributed by atoms with Crippen LogP contribution in [0.1, 0.15) is 12.8 Å². The number of aliphatic hydroxyl groups is 2. The molecule has 0 aromatic carbocycles. The summed E-state index contributed by atoms with van der Waals surface area (Å²) < 4.78 is 10.6. The summed E-state index contributed by atoms with van der Waals surface area (Å²) in [5.74, 6) is -0.901. The summed E-state index contributed by atoms with van der Waals surface area (Å²) in [6.45, 7) is 1.19. The van der Waals surface area contributed by atoms with E-state index in [9.17, 15) is 5.11 Å². The van der Waals surface area contributed by atoms with Crippen molar-refractivity contribution in [2.24, 2.45) is 5.92 Å². The van der Waals surface area contributed by atoms with Crippen LogP contribution in [0.3, 0.4) is 0 Å². The Morgan fingerprint density at radius 1 is 1.50 bits per heavy atom. The van der Waals surface area contributed by atoms with Gasteiger partial charge >= 0.3 is 0 Å². The van der Waals surface area contributed by atoms with Crippen molar-refractivity contribution in [1.82, 2.24) is 0 Å². The second kappa shape index (κ2) is 2.96. The number of rotatable bonds is 2. The molecule has 4 nitrogen and oxygen atoms in total. The second-order valence-electron chi connectivity index (χ2n) is 3.47. The van der Waals surface area contributed by atoms with Gasteiger partial charge in [0, 0.05) is 18.9 Å². The van der Waals surface area contributed by atoms with E-state index >= 15 is 0 Å². The molecule has 70 valence electrons. The Labute approximate surface area is 71.1 Å². The highest BCUT2D eigenvalue weighted by Gasteiger charge is 2.52. The molecule has 0 bridgehead atoms. The number of ether oxygens (including phenoxy) is 2. The van der Waals surface area contributed by atoms with Crippen molar-refractivity contribution in [3.8, 4) is 0 Å². The number of fused-ring (bicyclic) bond motifs is 1. The van der Waals surface area contributed by atoms with Gasteiger partial charge in [-0.25, -0.2) is 0 Å². The normalized spacial score (nSPS) is 46.5. The molecule has 2 aliphatic heterocycles. The molecule has 0 aromatic heterocycles. The van der Waals surface area contributed by atoms with Gasteiger partial charge in [-0.15, -0.1) is 0 Å². The summed E-state index contributed by atoms with van der Waals surface area (Å²) in [6.07, 6.45) is 0.983. The monoisotopic (exact) mass is 174 g/mol. The highest BCUT2D eigenvalue weighted by atomic mass is 16.7. The fourth-order valence-electron chi connectivity index (χ4n) is 2.00. The zero-order valence-electron chi connectivity index (χ0n) is 6.90. The van der Waals surface area contributed by atoms with Gasteiger partial charge in [0.15, 0.2) is 5.79 Å². The molecule has 0 radical (unpaired) electrons. The average Bonchev–Trinajstić information content (AvgIpc) is 2.51. The van der Waals surface area contributed by atoms with E-state index in [1.165, 1.54) is 0 Å². The molecule has 0 aromatic rings. The van der Waals surface area contributed by atoms with E-state index in [4.69, 9.17) is 14.6 Å². The predicted octanol–water partition coefficient (Wildman–Crippen LogP) is -0.507. The first kappa shape index (κ1) is 8.44. The topological polar surface area (TPSA) is 58.9 Å². The summed E-state index contributed by atoms with van der Waals surface area (Å²) in [5, 5.41) is 18.5. The molecular weight excluding hydrogens is 160 g/mol. The number of hydrogen-bond acceptors (Lipinski definition) is 4. The minimum atomic E-state index is -1.06. The summed E-state index contributed by atoms with van der Waals surface area (Å²) >= 11 is 0. The molecule has 1 unspecified atom stereocenters. The van der Waals surface area contributed by atoms with Gasteiger partial charge in [-0.1, -0.05) is 0 Å². The van der Waals surface area contributed by atoms with Crippen molar-refractivity contribution in [3.63, 3.8) is 0 Å². The summed E-state index contributed by atoms with van der Waals surface area (Å²) in [6, 6.07) is 0. The molecule has 0 saturated carbocycles. The lowest BCUT2D eigenvalue weighted by molar-refractivity contribution is -0.184. The molecule has 2 saturated heterocycles. The Kier molecular flexibility index (Phi) is 2.08. The molecule has 12 heavy (non-hydrogen) atoms. The van der Waals surface area contributed by atoms with E-state index < -0.39 is 5.79 Å². The fourth-order valence-corrected chi connectivity index (χ4v) is 2.00. The standard InChI is InChI=1S/C8H14O4/c9-3-1-6-5-12-8(10)2-4-11-7(6)8/h6-7,9-10H,1-5H2/t6?,7-,8-/m1/s1. The van der Waals surface area contributed by atoms with Crippen molar-refractivity contribution < 1.29 is 19.7 Å². The van der Waals surface area contributed by atoms with Crippen molar-refractivity contribution in [2.75, 3.05) is 19.8 Å². The van der Waals surface area contributed by atoms with Gasteiger partial charge in [-0.05, 0) is 6.42 Å². The first-order chi connectivity index (χ1) is 5.76. The number of aliphatic hydroxyl groups excluding tert-OH is 1. The van der Waals surface area contributed by atoms with Crippen molar-refractivity contribution in [3.05, 3.63) is 0 Å². The maximum atomic E-state index is 9.80. The molecule has 2 N–H and O–H groups in total. The third kappa shape index (κ3) is 1.15. The van der Waals surface area contributed by atoms with Crippen molar-refractivity contribution in [2.45, 2.75) is 24.7 Å². The van der Waals surface area contributed by atoms with E-state index in [-0.39, 0.29) is 18.6 Å². The first-order valence-electron chi connectivity index (χ1n) is 4.35. The van der Waals surface area contributed by atoms with Crippen LogP contribution in [-0.4, -0.2) is 41.9 Å². The van der Waals surface area contributed by atoms with Crippen LogP contribution in [0, 0.1) is 5.92 Å². The van der Waals surface area contributed by atoms with Gasteiger partial charge < -0.3 is 19.7 Å². The zero-order valence-corrected chi connectivity index (χ0v) is 6.90. The highest BCUT2D eigenvalue weighted by molar-refractivity contribution is 4.94. The Balaban J connectivity index is 2.03. The Hall–Kier alpha value is -0.160. The van der Waals surface area contributed by atoms with Crippen LogP contribution in [0.15, 0.2) is 0 Å². The summed E-state index contributed by atoms with van der Waals surface area (Å²) in [5.41, 5.74) is 0. The largest absolute Gasteiger partial charge is 0.396 e. The van der Waals surface area contributed by atoms with E-state index in [2.05, 4.69) is 0 Å². The van der Waals surface area contributed by atoms with Crippen LogP contribution in [0.5, 0.6) is 0 Å². The molecule has 2 heterocycles. The SMILES string of the molecule is OCCC1CO[C@]2(O)CCO[C@H]12. The van der Waals surface area contributed by atoms with Gasteiger partial charge in [-0.3, -0.25) is 0 Å². The molecule has 3 atom stereocenters. The summed E-state index contributed by atoms with van der Waals surface area (Å²) in [4.78, 5) is 0. The third-order valence-electron chi connectivity index (χ3n) is 2.68. The minimum Gasteiger partial charge on any atom is -0.396 e. The predicted molar refractivity (Wildman–Crippen MR) is 40.5 cm³/mol. The highest BCUT2D eigenvalue weighted by Crippen LogP contribution is 2.39. The molecule has 0 aliphatic carbocycles. The Morgan fingerprint density at radius 2 is 2.33 bits per heavy atom. The van der Waals surface area contributed by atoms with Gasteiger partial charge in [0.25, 0.3) is 0 Å². The summed E-state index contributed by atoms with van der Waals surface area (Å²) in [7, 11) is 0. The van der Waals surface area contributed by atoms with Crippen LogP contribution >= 0.6 is 0 Å². The second-order valence-corrected chi connectivity index (χ2v) is 3.47. The molecule has 2 aliphatic rings. The maximum Gasteiger partial charge on any atom is 0.194 e. The maximum absolute atomic E-state index is 9.80. The van der Waals surface area contributed by atoms with Gasteiger partial charge in [-0.2, -0.15) is 0 Å². The van der Waals surface area contributed by atoms with Crippen LogP contribution < -0.4 is 0 Å². The smallest absolute Gasteiger partial charge is 0.194 e. The molecule has 2 rings (SSSR count). The van der Waals surface area contributed by atoms with Gasteiger partial charge in [0.05, 0.1) is 13.2 Å². The lowest BCUT2D eigenvalue weighted by Crippen LogP contribution is -2.36. The lowest BCUT2D eigenvalue weighted by atomic mass is 9.97. The molecular formula is C8H14O4. The van der Waals surface area contributed by atoms with E-state index in [0.717, 1.165) is 0 Å². The van der Waals surface area contributed by atoms with E-state index in [1.807, 2.05) is 0 Å². The van der Waals surface area contributed by atoms with Crippen molar-refractivity contribution >= 4 is 0 Å². The van der Waals surface area contributed by atoms with Crippen LogP contribution in [0.25, 0.3) is 0 Å². The third-order valence-corrected chi connectivity index (χ3v) is 2.68. The van der Waals surface area contributed by atoms with Crippen LogP contribution in [0.4, 0.5) is 0 Å². The Bertz CT molecular complexity index is 172. The first-order valence-corrected chi connectivity index (χ1v) is 4.35. The average molecular weight is 174 g/mol. The molecule has 0 amide bonds. The number of hydrogen-bond donors (Lipinski definition) is 2. The van der Waals surface area contributed by atoms with Crippen molar-refractivity contribution in [1.29, 1.82) is 0 Å².